The Bertz CT molecular complexity index is 391. The molecule has 0 amide bonds. The summed E-state index contributed by atoms with van der Waals surface area (Å²) in [6.45, 7) is 12.5. The number of piperazine rings is 1. The normalized spacial score (nSPS) is 19.4. The van der Waals surface area contributed by atoms with E-state index < -0.39 is 0 Å². The summed E-state index contributed by atoms with van der Waals surface area (Å²) in [5.41, 5.74) is 8.86. The predicted octanol–water partition coefficient (Wildman–Crippen LogP) is 2.41. The van der Waals surface area contributed by atoms with Crippen LogP contribution in [0.15, 0.2) is 24.3 Å². The quantitative estimate of drug-likeness (QED) is 0.895. The zero-order chi connectivity index (χ0) is 14.5. The second kappa shape index (κ2) is 7.21. The van der Waals surface area contributed by atoms with Crippen LogP contribution in [0.4, 0.5) is 0 Å². The molecular formula is C17H29N3. The lowest BCUT2D eigenvalue weighted by Gasteiger charge is -2.37. The second-order valence-corrected chi connectivity index (χ2v) is 6.28. The monoisotopic (exact) mass is 275 g/mol. The topological polar surface area (TPSA) is 32.5 Å². The molecule has 1 fully saturated rings. The lowest BCUT2D eigenvalue weighted by atomic mass is 10.0. The molecule has 112 valence electrons. The molecule has 0 aromatic heterocycles. The lowest BCUT2D eigenvalue weighted by Crippen LogP contribution is -2.49. The van der Waals surface area contributed by atoms with E-state index in [0.29, 0.717) is 6.04 Å². The lowest BCUT2D eigenvalue weighted by molar-refractivity contribution is 0.106. The van der Waals surface area contributed by atoms with Crippen molar-refractivity contribution < 1.29 is 0 Å². The molecule has 1 unspecified atom stereocenters. The third-order valence-electron chi connectivity index (χ3n) is 4.40. The highest BCUT2D eigenvalue weighted by Gasteiger charge is 2.19. The highest BCUT2D eigenvalue weighted by Crippen LogP contribution is 2.16. The maximum atomic E-state index is 6.30. The Morgan fingerprint density at radius 3 is 2.20 bits per heavy atom. The summed E-state index contributed by atoms with van der Waals surface area (Å²) < 4.78 is 0. The van der Waals surface area contributed by atoms with Gasteiger partial charge in [0.15, 0.2) is 0 Å². The highest BCUT2D eigenvalue weighted by molar-refractivity contribution is 5.23. The molecule has 2 N–H and O–H groups in total. The molecule has 0 spiro atoms. The minimum absolute atomic E-state index is 0.165. The largest absolute Gasteiger partial charge is 0.324 e. The van der Waals surface area contributed by atoms with Crippen molar-refractivity contribution in [1.29, 1.82) is 0 Å². The van der Waals surface area contributed by atoms with Crippen LogP contribution in [-0.2, 0) is 0 Å². The summed E-state index contributed by atoms with van der Waals surface area (Å²) in [4.78, 5) is 5.10. The summed E-state index contributed by atoms with van der Waals surface area (Å²) in [5, 5.41) is 0. The van der Waals surface area contributed by atoms with Crippen molar-refractivity contribution in [2.75, 3.05) is 32.7 Å². The van der Waals surface area contributed by atoms with Crippen LogP contribution in [0.1, 0.15) is 37.4 Å². The van der Waals surface area contributed by atoms with E-state index >= 15 is 0 Å². The van der Waals surface area contributed by atoms with Gasteiger partial charge in [-0.15, -0.1) is 0 Å². The van der Waals surface area contributed by atoms with Gasteiger partial charge >= 0.3 is 0 Å². The third-order valence-corrected chi connectivity index (χ3v) is 4.40. The summed E-state index contributed by atoms with van der Waals surface area (Å²) in [6, 6.07) is 9.46. The zero-order valence-electron chi connectivity index (χ0n) is 13.2. The number of hydrogen-bond donors (Lipinski definition) is 1. The molecule has 1 aliphatic rings. The fourth-order valence-corrected chi connectivity index (χ4v) is 2.81. The molecule has 1 aromatic carbocycles. The van der Waals surface area contributed by atoms with Gasteiger partial charge in [0.2, 0.25) is 0 Å². The van der Waals surface area contributed by atoms with Gasteiger partial charge in [-0.25, -0.2) is 0 Å². The van der Waals surface area contributed by atoms with E-state index in [2.05, 4.69) is 54.8 Å². The highest BCUT2D eigenvalue weighted by atomic mass is 15.3. The van der Waals surface area contributed by atoms with Gasteiger partial charge in [0.1, 0.15) is 0 Å². The van der Waals surface area contributed by atoms with E-state index in [0.717, 1.165) is 13.0 Å². The number of hydrogen-bond acceptors (Lipinski definition) is 3. The summed E-state index contributed by atoms with van der Waals surface area (Å²) >= 11 is 0. The first kappa shape index (κ1) is 15.5. The van der Waals surface area contributed by atoms with Gasteiger partial charge in [-0.1, -0.05) is 29.8 Å². The summed E-state index contributed by atoms with van der Waals surface area (Å²) in [7, 11) is 0. The molecule has 20 heavy (non-hydrogen) atoms. The van der Waals surface area contributed by atoms with Crippen LogP contribution in [-0.4, -0.2) is 48.6 Å². The van der Waals surface area contributed by atoms with Gasteiger partial charge < -0.3 is 10.6 Å². The zero-order valence-corrected chi connectivity index (χ0v) is 13.2. The molecule has 0 radical (unpaired) electrons. The summed E-state index contributed by atoms with van der Waals surface area (Å²) in [5.74, 6) is 0. The van der Waals surface area contributed by atoms with Crippen LogP contribution < -0.4 is 5.73 Å². The molecule has 1 aromatic rings. The van der Waals surface area contributed by atoms with Crippen molar-refractivity contribution in [1.82, 2.24) is 9.80 Å². The van der Waals surface area contributed by atoms with Gasteiger partial charge in [0.25, 0.3) is 0 Å². The SMILES string of the molecule is Cc1ccc(C(N)CCN2CCN(C(C)C)CC2)cc1. The van der Waals surface area contributed by atoms with Crippen LogP contribution in [0.5, 0.6) is 0 Å². The average molecular weight is 275 g/mol. The van der Waals surface area contributed by atoms with Gasteiger partial charge in [0, 0.05) is 44.8 Å². The summed E-state index contributed by atoms with van der Waals surface area (Å²) in [6.07, 6.45) is 1.05. The Labute approximate surface area is 123 Å². The molecule has 3 nitrogen and oxygen atoms in total. The molecule has 1 saturated heterocycles. The number of benzene rings is 1. The van der Waals surface area contributed by atoms with E-state index in [9.17, 15) is 0 Å². The minimum Gasteiger partial charge on any atom is -0.324 e. The first-order valence-electron chi connectivity index (χ1n) is 7.85. The Morgan fingerprint density at radius 1 is 1.05 bits per heavy atom. The molecular weight excluding hydrogens is 246 g/mol. The van der Waals surface area contributed by atoms with E-state index in [1.54, 1.807) is 0 Å². The van der Waals surface area contributed by atoms with Crippen LogP contribution >= 0.6 is 0 Å². The molecule has 1 atom stereocenters. The van der Waals surface area contributed by atoms with E-state index in [1.807, 2.05) is 0 Å². The van der Waals surface area contributed by atoms with Crippen molar-refractivity contribution >= 4 is 0 Å². The average Bonchev–Trinajstić information content (AvgIpc) is 2.46. The molecule has 1 aliphatic heterocycles. The molecule has 3 heteroatoms. The molecule has 0 aliphatic carbocycles. The van der Waals surface area contributed by atoms with Crippen LogP contribution in [0, 0.1) is 6.92 Å². The number of nitrogens with two attached hydrogens (primary N) is 1. The molecule has 2 rings (SSSR count). The first-order valence-corrected chi connectivity index (χ1v) is 7.85. The van der Waals surface area contributed by atoms with Crippen molar-refractivity contribution in [2.45, 2.75) is 39.3 Å². The standard InChI is InChI=1S/C17H29N3/c1-14(2)20-12-10-19(11-13-20)9-8-17(18)16-6-4-15(3)5-7-16/h4-7,14,17H,8-13,18H2,1-3H3. The van der Waals surface area contributed by atoms with Crippen molar-refractivity contribution in [3.05, 3.63) is 35.4 Å². The minimum atomic E-state index is 0.165. The van der Waals surface area contributed by atoms with Crippen LogP contribution in [0.3, 0.4) is 0 Å². The van der Waals surface area contributed by atoms with Gasteiger partial charge in [-0.05, 0) is 32.8 Å². The van der Waals surface area contributed by atoms with Crippen molar-refractivity contribution in [3.8, 4) is 0 Å². The maximum absolute atomic E-state index is 6.30. The predicted molar refractivity (Wildman–Crippen MR) is 85.9 cm³/mol. The van der Waals surface area contributed by atoms with Gasteiger partial charge in [-0.2, -0.15) is 0 Å². The fraction of sp³-hybridized carbons (Fsp3) is 0.647. The fourth-order valence-electron chi connectivity index (χ4n) is 2.81. The first-order chi connectivity index (χ1) is 9.56. The molecule has 0 bridgehead atoms. The van der Waals surface area contributed by atoms with Crippen molar-refractivity contribution in [3.63, 3.8) is 0 Å². The Hall–Kier alpha value is -0.900. The molecule has 0 saturated carbocycles. The number of aryl methyl sites for hydroxylation is 1. The Balaban J connectivity index is 1.74. The molecule has 1 heterocycles. The van der Waals surface area contributed by atoms with Crippen LogP contribution in [0.2, 0.25) is 0 Å². The van der Waals surface area contributed by atoms with E-state index in [1.165, 1.54) is 37.3 Å². The van der Waals surface area contributed by atoms with Gasteiger partial charge in [-0.3, -0.25) is 4.90 Å². The number of nitrogens with zero attached hydrogens (tertiary/aromatic N) is 2. The Kier molecular flexibility index (Phi) is 5.58. The van der Waals surface area contributed by atoms with Crippen molar-refractivity contribution in [2.24, 2.45) is 5.73 Å². The van der Waals surface area contributed by atoms with Gasteiger partial charge in [0.05, 0.1) is 0 Å². The smallest absolute Gasteiger partial charge is 0.0307 e. The Morgan fingerprint density at radius 2 is 1.65 bits per heavy atom. The third kappa shape index (κ3) is 4.30. The van der Waals surface area contributed by atoms with E-state index in [-0.39, 0.29) is 6.04 Å². The number of rotatable bonds is 5. The maximum Gasteiger partial charge on any atom is 0.0307 e. The van der Waals surface area contributed by atoms with E-state index in [4.69, 9.17) is 5.73 Å². The second-order valence-electron chi connectivity index (χ2n) is 6.28. The van der Waals surface area contributed by atoms with Crippen LogP contribution in [0.25, 0.3) is 0 Å².